The molecule has 98 valence electrons. The quantitative estimate of drug-likeness (QED) is 0.896. The molecule has 0 unspecified atom stereocenters. The highest BCUT2D eigenvalue weighted by atomic mass is 32.1. The number of nitrogens with zero attached hydrogens (tertiary/aromatic N) is 1. The number of rotatable bonds is 4. The van der Waals surface area contributed by atoms with Crippen LogP contribution < -0.4 is 5.32 Å². The molecule has 0 saturated heterocycles. The lowest BCUT2D eigenvalue weighted by Gasteiger charge is -2.03. The van der Waals surface area contributed by atoms with Crippen molar-refractivity contribution in [2.24, 2.45) is 0 Å². The molecule has 0 atom stereocenters. The highest BCUT2D eigenvalue weighted by molar-refractivity contribution is 7.09. The summed E-state index contributed by atoms with van der Waals surface area (Å²) in [6.45, 7) is 2.14. The van der Waals surface area contributed by atoms with E-state index in [4.69, 9.17) is 5.11 Å². The van der Waals surface area contributed by atoms with Crippen molar-refractivity contribution in [2.45, 2.75) is 13.5 Å². The Morgan fingerprint density at radius 2 is 2.21 bits per heavy atom. The predicted octanol–water partition coefficient (Wildman–Crippen LogP) is 2.08. The van der Waals surface area contributed by atoms with Crippen LogP contribution in [0.1, 0.15) is 31.4 Å². The molecular weight excluding hydrogens is 264 g/mol. The first kappa shape index (κ1) is 13.2. The van der Waals surface area contributed by atoms with Crippen molar-refractivity contribution in [3.63, 3.8) is 0 Å². The van der Waals surface area contributed by atoms with E-state index < -0.39 is 5.97 Å². The van der Waals surface area contributed by atoms with E-state index in [2.05, 4.69) is 10.3 Å². The summed E-state index contributed by atoms with van der Waals surface area (Å²) in [6, 6.07) is 7.25. The summed E-state index contributed by atoms with van der Waals surface area (Å²) in [7, 11) is 0. The number of thiazole rings is 1. The van der Waals surface area contributed by atoms with Crippen molar-refractivity contribution in [1.82, 2.24) is 10.3 Å². The largest absolute Gasteiger partial charge is 0.476 e. The molecule has 0 fully saturated rings. The molecule has 0 aliphatic carbocycles. The number of nitrogens with one attached hydrogen (secondary N) is 1. The fourth-order valence-electron chi connectivity index (χ4n) is 1.53. The van der Waals surface area contributed by atoms with Crippen LogP contribution in [0, 0.1) is 6.92 Å². The number of aryl methyl sites for hydroxylation is 1. The zero-order valence-electron chi connectivity index (χ0n) is 10.2. The van der Waals surface area contributed by atoms with Gasteiger partial charge in [0.2, 0.25) is 0 Å². The molecule has 1 heterocycles. The van der Waals surface area contributed by atoms with E-state index in [-0.39, 0.29) is 18.1 Å². The number of aromatic carboxylic acids is 1. The van der Waals surface area contributed by atoms with Gasteiger partial charge in [-0.25, -0.2) is 9.78 Å². The van der Waals surface area contributed by atoms with E-state index in [1.54, 1.807) is 12.1 Å². The molecule has 1 aromatic carbocycles. The average Bonchev–Trinajstić information content (AvgIpc) is 2.85. The predicted molar refractivity (Wildman–Crippen MR) is 71.4 cm³/mol. The highest BCUT2D eigenvalue weighted by Crippen LogP contribution is 2.10. The van der Waals surface area contributed by atoms with Crippen LogP contribution in [0.4, 0.5) is 0 Å². The Morgan fingerprint density at radius 1 is 1.42 bits per heavy atom. The van der Waals surface area contributed by atoms with Crippen molar-refractivity contribution >= 4 is 23.2 Å². The maximum absolute atomic E-state index is 11.9. The molecule has 0 saturated carbocycles. The van der Waals surface area contributed by atoms with Gasteiger partial charge >= 0.3 is 5.97 Å². The van der Waals surface area contributed by atoms with E-state index in [9.17, 15) is 9.59 Å². The second kappa shape index (κ2) is 5.62. The molecule has 0 spiro atoms. The summed E-state index contributed by atoms with van der Waals surface area (Å²) in [6.07, 6.45) is 0. The van der Waals surface area contributed by atoms with E-state index in [1.165, 1.54) is 16.7 Å². The third-order valence-electron chi connectivity index (χ3n) is 2.45. The number of hydrogen-bond acceptors (Lipinski definition) is 4. The summed E-state index contributed by atoms with van der Waals surface area (Å²) >= 11 is 1.21. The van der Waals surface area contributed by atoms with Crippen molar-refractivity contribution in [1.29, 1.82) is 0 Å². The lowest BCUT2D eigenvalue weighted by molar-refractivity contribution is 0.0691. The minimum atomic E-state index is -1.06. The fourth-order valence-corrected chi connectivity index (χ4v) is 2.24. The molecule has 0 radical (unpaired) electrons. The third-order valence-corrected chi connectivity index (χ3v) is 3.30. The Labute approximate surface area is 113 Å². The molecule has 2 aromatic rings. The van der Waals surface area contributed by atoms with Crippen molar-refractivity contribution in [3.8, 4) is 0 Å². The van der Waals surface area contributed by atoms with Gasteiger partial charge in [0.1, 0.15) is 5.01 Å². The highest BCUT2D eigenvalue weighted by Gasteiger charge is 2.10. The van der Waals surface area contributed by atoms with Crippen LogP contribution in [-0.4, -0.2) is 22.0 Å². The van der Waals surface area contributed by atoms with Gasteiger partial charge in [0, 0.05) is 10.9 Å². The standard InChI is InChI=1S/C13H12N2O3S/c1-8-3-2-4-9(5-8)12(16)14-6-11-15-10(7-19-11)13(17)18/h2-5,7H,6H2,1H3,(H,14,16)(H,17,18). The summed E-state index contributed by atoms with van der Waals surface area (Å²) in [5.41, 5.74) is 1.59. The Kier molecular flexibility index (Phi) is 3.91. The van der Waals surface area contributed by atoms with Crippen LogP contribution in [0.2, 0.25) is 0 Å². The number of carbonyl (C=O) groups excluding carboxylic acids is 1. The monoisotopic (exact) mass is 276 g/mol. The second-order valence-corrected chi connectivity index (χ2v) is 4.93. The molecule has 19 heavy (non-hydrogen) atoms. The molecule has 1 aromatic heterocycles. The van der Waals surface area contributed by atoms with E-state index in [1.807, 2.05) is 19.1 Å². The van der Waals surface area contributed by atoms with Gasteiger partial charge in [-0.05, 0) is 19.1 Å². The maximum atomic E-state index is 11.9. The topological polar surface area (TPSA) is 79.3 Å². The molecule has 2 rings (SSSR count). The molecule has 5 nitrogen and oxygen atoms in total. The van der Waals surface area contributed by atoms with Gasteiger partial charge in [-0.1, -0.05) is 17.7 Å². The summed E-state index contributed by atoms with van der Waals surface area (Å²) < 4.78 is 0. The minimum Gasteiger partial charge on any atom is -0.476 e. The Hall–Kier alpha value is -2.21. The number of amides is 1. The lowest BCUT2D eigenvalue weighted by atomic mass is 10.1. The molecule has 2 N–H and O–H groups in total. The van der Waals surface area contributed by atoms with Crippen LogP contribution in [0.3, 0.4) is 0 Å². The first-order valence-electron chi connectivity index (χ1n) is 5.59. The van der Waals surface area contributed by atoms with Crippen molar-refractivity contribution in [2.75, 3.05) is 0 Å². The normalized spacial score (nSPS) is 10.2. The van der Waals surface area contributed by atoms with Crippen LogP contribution in [0.5, 0.6) is 0 Å². The zero-order chi connectivity index (χ0) is 13.8. The van der Waals surface area contributed by atoms with Crippen LogP contribution in [0.15, 0.2) is 29.6 Å². The second-order valence-electron chi connectivity index (χ2n) is 3.98. The number of carboxylic acids is 1. The molecular formula is C13H12N2O3S. The van der Waals surface area contributed by atoms with Gasteiger partial charge in [-0.3, -0.25) is 4.79 Å². The molecule has 0 aliphatic rings. The smallest absolute Gasteiger partial charge is 0.355 e. The summed E-state index contributed by atoms with van der Waals surface area (Å²) in [5, 5.41) is 13.5. The fraction of sp³-hybridized carbons (Fsp3) is 0.154. The van der Waals surface area contributed by atoms with Gasteiger partial charge in [0.25, 0.3) is 5.91 Å². The lowest BCUT2D eigenvalue weighted by Crippen LogP contribution is -2.22. The Bertz CT molecular complexity index is 622. The zero-order valence-corrected chi connectivity index (χ0v) is 11.0. The number of hydrogen-bond donors (Lipinski definition) is 2. The van der Waals surface area contributed by atoms with E-state index in [0.29, 0.717) is 10.6 Å². The molecule has 1 amide bonds. The molecule has 0 aliphatic heterocycles. The number of aromatic nitrogens is 1. The molecule has 6 heteroatoms. The third kappa shape index (κ3) is 3.38. The van der Waals surface area contributed by atoms with Gasteiger partial charge in [0.05, 0.1) is 6.54 Å². The number of carboxylic acid groups (broad SMARTS) is 1. The van der Waals surface area contributed by atoms with Crippen LogP contribution in [-0.2, 0) is 6.54 Å². The molecule has 0 bridgehead atoms. The first-order chi connectivity index (χ1) is 9.06. The van der Waals surface area contributed by atoms with Gasteiger partial charge in [-0.2, -0.15) is 0 Å². The Balaban J connectivity index is 1.98. The Morgan fingerprint density at radius 3 is 2.84 bits per heavy atom. The minimum absolute atomic E-state index is 0.00445. The first-order valence-corrected chi connectivity index (χ1v) is 6.47. The van der Waals surface area contributed by atoms with Gasteiger partial charge < -0.3 is 10.4 Å². The van der Waals surface area contributed by atoms with E-state index in [0.717, 1.165) is 5.56 Å². The summed E-state index contributed by atoms with van der Waals surface area (Å²) in [4.78, 5) is 26.4. The van der Waals surface area contributed by atoms with E-state index >= 15 is 0 Å². The van der Waals surface area contributed by atoms with Crippen LogP contribution >= 0.6 is 11.3 Å². The average molecular weight is 276 g/mol. The van der Waals surface area contributed by atoms with Crippen molar-refractivity contribution in [3.05, 3.63) is 51.5 Å². The summed E-state index contributed by atoms with van der Waals surface area (Å²) in [5.74, 6) is -1.26. The number of benzene rings is 1. The van der Waals surface area contributed by atoms with Crippen molar-refractivity contribution < 1.29 is 14.7 Å². The number of carbonyl (C=O) groups is 2. The van der Waals surface area contributed by atoms with Gasteiger partial charge in [0.15, 0.2) is 5.69 Å². The SMILES string of the molecule is Cc1cccc(C(=O)NCc2nc(C(=O)O)cs2)c1. The van der Waals surface area contributed by atoms with Crippen LogP contribution in [0.25, 0.3) is 0 Å². The van der Waals surface area contributed by atoms with Gasteiger partial charge in [-0.15, -0.1) is 11.3 Å². The maximum Gasteiger partial charge on any atom is 0.355 e.